The van der Waals surface area contributed by atoms with Crippen LogP contribution in [0.2, 0.25) is 0 Å². The fourth-order valence-corrected chi connectivity index (χ4v) is 1.70. The normalized spacial score (nSPS) is 17.8. The molecule has 0 aromatic carbocycles. The Morgan fingerprint density at radius 1 is 1.57 bits per heavy atom. The third-order valence-electron chi connectivity index (χ3n) is 2.92. The highest BCUT2D eigenvalue weighted by atomic mass is 16.1. The summed E-state index contributed by atoms with van der Waals surface area (Å²) in [7, 11) is 0. The first-order chi connectivity index (χ1) is 6.77. The Bertz CT molecular complexity index is 316. The van der Waals surface area contributed by atoms with Gasteiger partial charge in [0.15, 0.2) is 0 Å². The zero-order valence-electron chi connectivity index (χ0n) is 8.44. The monoisotopic (exact) mass is 189 g/mol. The zero-order chi connectivity index (χ0) is 9.97. The maximum absolute atomic E-state index is 11.8. The first kappa shape index (κ1) is 9.38. The molecule has 1 aromatic heterocycles. The van der Waals surface area contributed by atoms with E-state index < -0.39 is 0 Å². The predicted octanol–water partition coefficient (Wildman–Crippen LogP) is 2.24. The molecule has 74 valence electrons. The van der Waals surface area contributed by atoms with E-state index in [1.807, 2.05) is 25.1 Å². The first-order valence-electron chi connectivity index (χ1n) is 5.20. The molecule has 0 N–H and O–H groups in total. The van der Waals surface area contributed by atoms with Crippen LogP contribution in [0.25, 0.3) is 0 Å². The quantitative estimate of drug-likeness (QED) is 0.727. The van der Waals surface area contributed by atoms with Crippen molar-refractivity contribution in [1.29, 1.82) is 0 Å². The molecule has 0 amide bonds. The molecule has 1 aromatic rings. The Balaban J connectivity index is 1.94. The maximum Gasteiger partial charge on any atom is 0.141 e. The molecule has 1 unspecified atom stereocenters. The van der Waals surface area contributed by atoms with E-state index in [9.17, 15) is 4.79 Å². The van der Waals surface area contributed by atoms with Crippen LogP contribution in [0.15, 0.2) is 24.4 Å². The van der Waals surface area contributed by atoms with E-state index in [1.165, 1.54) is 12.8 Å². The third kappa shape index (κ3) is 2.19. The number of Topliss-reactive ketones (excluding diaryl/α,β-unsaturated/α-hetero) is 1. The van der Waals surface area contributed by atoms with Crippen LogP contribution in [0.3, 0.4) is 0 Å². The van der Waals surface area contributed by atoms with E-state index in [0.717, 1.165) is 5.69 Å². The summed E-state index contributed by atoms with van der Waals surface area (Å²) < 4.78 is 0. The predicted molar refractivity (Wildman–Crippen MR) is 54.8 cm³/mol. The molecular weight excluding hydrogens is 174 g/mol. The minimum atomic E-state index is 0.233. The Morgan fingerprint density at radius 3 is 2.93 bits per heavy atom. The molecule has 0 aliphatic heterocycles. The van der Waals surface area contributed by atoms with Crippen LogP contribution < -0.4 is 0 Å². The van der Waals surface area contributed by atoms with Crippen molar-refractivity contribution in [3.8, 4) is 0 Å². The summed E-state index contributed by atoms with van der Waals surface area (Å²) in [5.74, 6) is 1.23. The van der Waals surface area contributed by atoms with E-state index in [1.54, 1.807) is 6.20 Å². The maximum atomic E-state index is 11.8. The van der Waals surface area contributed by atoms with E-state index in [0.29, 0.717) is 18.1 Å². The third-order valence-corrected chi connectivity index (χ3v) is 2.92. The summed E-state index contributed by atoms with van der Waals surface area (Å²) in [6.45, 7) is 2.04. The van der Waals surface area contributed by atoms with Gasteiger partial charge in [0, 0.05) is 24.2 Å². The largest absolute Gasteiger partial charge is 0.299 e. The van der Waals surface area contributed by atoms with Crippen molar-refractivity contribution in [2.75, 3.05) is 0 Å². The van der Waals surface area contributed by atoms with Gasteiger partial charge in [0.25, 0.3) is 0 Å². The molecule has 2 nitrogen and oxygen atoms in total. The smallest absolute Gasteiger partial charge is 0.141 e. The van der Waals surface area contributed by atoms with Gasteiger partial charge >= 0.3 is 0 Å². The molecular formula is C12H15NO. The summed E-state index contributed by atoms with van der Waals surface area (Å²) >= 11 is 0. The van der Waals surface area contributed by atoms with Crippen molar-refractivity contribution in [2.45, 2.75) is 26.2 Å². The van der Waals surface area contributed by atoms with Crippen molar-refractivity contribution in [3.63, 3.8) is 0 Å². The molecule has 1 aliphatic carbocycles. The van der Waals surface area contributed by atoms with Crippen LogP contribution in [0.5, 0.6) is 0 Å². The highest BCUT2D eigenvalue weighted by Gasteiger charge is 2.32. The van der Waals surface area contributed by atoms with E-state index >= 15 is 0 Å². The molecule has 1 aliphatic rings. The number of hydrogen-bond acceptors (Lipinski definition) is 2. The van der Waals surface area contributed by atoms with Gasteiger partial charge < -0.3 is 0 Å². The molecule has 0 radical (unpaired) electrons. The van der Waals surface area contributed by atoms with Crippen LogP contribution >= 0.6 is 0 Å². The average molecular weight is 189 g/mol. The summed E-state index contributed by atoms with van der Waals surface area (Å²) in [5, 5.41) is 0. The first-order valence-corrected chi connectivity index (χ1v) is 5.20. The topological polar surface area (TPSA) is 30.0 Å². The van der Waals surface area contributed by atoms with Crippen molar-refractivity contribution in [3.05, 3.63) is 30.1 Å². The molecule has 1 saturated carbocycles. The number of ketones is 1. The molecule has 2 heteroatoms. The minimum Gasteiger partial charge on any atom is -0.299 e. The van der Waals surface area contributed by atoms with Gasteiger partial charge in [-0.3, -0.25) is 9.78 Å². The SMILES string of the molecule is CC(C(=O)Cc1ccccn1)C1CC1. The molecule has 1 heterocycles. The lowest BCUT2D eigenvalue weighted by molar-refractivity contribution is -0.122. The second-order valence-electron chi connectivity index (χ2n) is 4.09. The lowest BCUT2D eigenvalue weighted by atomic mass is 9.97. The van der Waals surface area contributed by atoms with Gasteiger partial charge in [0.2, 0.25) is 0 Å². The van der Waals surface area contributed by atoms with Gasteiger partial charge in [-0.15, -0.1) is 0 Å². The number of hydrogen-bond donors (Lipinski definition) is 0. The fraction of sp³-hybridized carbons (Fsp3) is 0.500. The van der Waals surface area contributed by atoms with Crippen LogP contribution in [0.1, 0.15) is 25.5 Å². The summed E-state index contributed by atoms with van der Waals surface area (Å²) in [4.78, 5) is 15.9. The van der Waals surface area contributed by atoms with Crippen LogP contribution in [0, 0.1) is 11.8 Å². The average Bonchev–Trinajstić information content (AvgIpc) is 3.01. The van der Waals surface area contributed by atoms with Crippen molar-refractivity contribution in [2.24, 2.45) is 11.8 Å². The fourth-order valence-electron chi connectivity index (χ4n) is 1.70. The number of aromatic nitrogens is 1. The van der Waals surface area contributed by atoms with Crippen molar-refractivity contribution < 1.29 is 4.79 Å². The molecule has 1 atom stereocenters. The molecule has 0 saturated heterocycles. The van der Waals surface area contributed by atoms with E-state index in [4.69, 9.17) is 0 Å². The van der Waals surface area contributed by atoms with Gasteiger partial charge in [-0.2, -0.15) is 0 Å². The highest BCUT2D eigenvalue weighted by Crippen LogP contribution is 2.37. The number of rotatable bonds is 4. The van der Waals surface area contributed by atoms with Gasteiger partial charge in [0.1, 0.15) is 5.78 Å². The van der Waals surface area contributed by atoms with Crippen molar-refractivity contribution in [1.82, 2.24) is 4.98 Å². The second kappa shape index (κ2) is 3.91. The molecule has 1 fully saturated rings. The van der Waals surface area contributed by atoms with E-state index in [2.05, 4.69) is 4.98 Å². The lowest BCUT2D eigenvalue weighted by Gasteiger charge is -2.07. The summed E-state index contributed by atoms with van der Waals surface area (Å²) in [5.41, 5.74) is 0.894. The van der Waals surface area contributed by atoms with Gasteiger partial charge in [-0.1, -0.05) is 13.0 Å². The number of carbonyl (C=O) groups is 1. The Labute approximate surface area is 84.4 Å². The summed E-state index contributed by atoms with van der Waals surface area (Å²) in [6.07, 6.45) is 4.70. The highest BCUT2D eigenvalue weighted by molar-refractivity contribution is 5.83. The van der Waals surface area contributed by atoms with Crippen molar-refractivity contribution >= 4 is 5.78 Å². The Kier molecular flexibility index (Phi) is 2.62. The van der Waals surface area contributed by atoms with Crippen LogP contribution in [-0.4, -0.2) is 10.8 Å². The number of carbonyl (C=O) groups excluding carboxylic acids is 1. The lowest BCUT2D eigenvalue weighted by Crippen LogP contribution is -2.15. The zero-order valence-corrected chi connectivity index (χ0v) is 8.44. The van der Waals surface area contributed by atoms with Crippen LogP contribution in [0.4, 0.5) is 0 Å². The van der Waals surface area contributed by atoms with Gasteiger partial charge in [-0.05, 0) is 30.9 Å². The second-order valence-corrected chi connectivity index (χ2v) is 4.09. The summed E-state index contributed by atoms with van der Waals surface area (Å²) in [6, 6.07) is 5.72. The molecule has 14 heavy (non-hydrogen) atoms. The van der Waals surface area contributed by atoms with Crippen LogP contribution in [-0.2, 0) is 11.2 Å². The molecule has 0 spiro atoms. The Morgan fingerprint density at radius 2 is 2.36 bits per heavy atom. The molecule has 0 bridgehead atoms. The molecule has 2 rings (SSSR count). The minimum absolute atomic E-state index is 0.233. The standard InChI is InChI=1S/C12H15NO/c1-9(10-5-6-10)12(14)8-11-4-2-3-7-13-11/h2-4,7,9-10H,5-6,8H2,1H3. The van der Waals surface area contributed by atoms with Gasteiger partial charge in [-0.25, -0.2) is 0 Å². The number of pyridine rings is 1. The van der Waals surface area contributed by atoms with Gasteiger partial charge in [0.05, 0.1) is 0 Å². The Hall–Kier alpha value is -1.18. The number of nitrogens with zero attached hydrogens (tertiary/aromatic N) is 1. The van der Waals surface area contributed by atoms with E-state index in [-0.39, 0.29) is 5.92 Å².